The number of anilines is 1. The molecule has 7 rings (SSSR count). The number of carbonyl (C=O) groups excluding carboxylic acids is 3. The van der Waals surface area contributed by atoms with Crippen molar-refractivity contribution < 1.29 is 14.4 Å². The summed E-state index contributed by atoms with van der Waals surface area (Å²) in [6.45, 7) is 4.51. The van der Waals surface area contributed by atoms with Gasteiger partial charge in [0.1, 0.15) is 0 Å². The highest BCUT2D eigenvalue weighted by Gasteiger charge is 2.34. The van der Waals surface area contributed by atoms with Gasteiger partial charge in [-0.25, -0.2) is 4.98 Å². The number of benzene rings is 4. The molecule has 0 N–H and O–H groups in total. The van der Waals surface area contributed by atoms with Gasteiger partial charge in [0.15, 0.2) is 0 Å². The lowest BCUT2D eigenvalue weighted by Crippen LogP contribution is -2.47. The molecule has 0 saturated carbocycles. The quantitative estimate of drug-likeness (QED) is 0.222. The summed E-state index contributed by atoms with van der Waals surface area (Å²) in [5.41, 5.74) is 7.13. The number of allylic oxidation sites excluding steroid dienone is 1. The van der Waals surface area contributed by atoms with Crippen LogP contribution in [0.5, 0.6) is 0 Å². The number of amides is 2. The van der Waals surface area contributed by atoms with Crippen molar-refractivity contribution in [2.24, 2.45) is 0 Å². The minimum Gasteiger partial charge on any atom is -0.336 e. The van der Waals surface area contributed by atoms with Crippen LogP contribution in [0.2, 0.25) is 0 Å². The number of hydrogen-bond acceptors (Lipinski definition) is 5. The summed E-state index contributed by atoms with van der Waals surface area (Å²) in [6, 6.07) is 33.1. The zero-order valence-electron chi connectivity index (χ0n) is 25.2. The van der Waals surface area contributed by atoms with E-state index in [1.807, 2.05) is 65.6 Å². The number of rotatable bonds is 4. The fourth-order valence-corrected chi connectivity index (χ4v) is 6.29. The number of pyridine rings is 1. The molecule has 1 fully saturated rings. The summed E-state index contributed by atoms with van der Waals surface area (Å²) < 4.78 is 0. The highest BCUT2D eigenvalue weighted by Crippen LogP contribution is 2.39. The SMILES string of the molecule is CC(=O)N1/C(=C/c2cc(-c3ccccc3-c3ccccc3)c3cc(C(=O)N4CCN(C)CC4)ccc3n2)C(=O)c2ccccc21. The molecule has 5 aromatic rings. The molecule has 7 heteroatoms. The molecule has 0 radical (unpaired) electrons. The topological polar surface area (TPSA) is 73.8 Å². The van der Waals surface area contributed by atoms with Crippen LogP contribution in [-0.4, -0.2) is 65.6 Å². The predicted octanol–water partition coefficient (Wildman–Crippen LogP) is 6.55. The predicted molar refractivity (Wildman–Crippen MR) is 178 cm³/mol. The molecule has 3 heterocycles. The van der Waals surface area contributed by atoms with Gasteiger partial charge in [0, 0.05) is 49.6 Å². The van der Waals surface area contributed by atoms with Crippen LogP contribution < -0.4 is 4.90 Å². The third kappa shape index (κ3) is 5.21. The second-order valence-corrected chi connectivity index (χ2v) is 11.6. The number of hydrogen-bond donors (Lipinski definition) is 0. The van der Waals surface area contributed by atoms with E-state index in [0.717, 1.165) is 40.7 Å². The van der Waals surface area contributed by atoms with E-state index in [4.69, 9.17) is 4.98 Å². The van der Waals surface area contributed by atoms with E-state index in [-0.39, 0.29) is 23.3 Å². The van der Waals surface area contributed by atoms with E-state index in [9.17, 15) is 14.4 Å². The first-order chi connectivity index (χ1) is 21.9. The van der Waals surface area contributed by atoms with Crippen molar-refractivity contribution in [3.05, 3.63) is 126 Å². The number of para-hydroxylation sites is 1. The van der Waals surface area contributed by atoms with E-state index < -0.39 is 0 Å². The molecule has 0 aliphatic carbocycles. The number of aromatic nitrogens is 1. The van der Waals surface area contributed by atoms with Gasteiger partial charge in [-0.05, 0) is 71.8 Å². The van der Waals surface area contributed by atoms with Gasteiger partial charge in [0.05, 0.1) is 22.6 Å². The van der Waals surface area contributed by atoms with Crippen molar-refractivity contribution in [2.45, 2.75) is 6.92 Å². The fraction of sp³-hybridized carbons (Fsp3) is 0.158. The first kappa shape index (κ1) is 28.4. The molecule has 0 unspecified atom stereocenters. The van der Waals surface area contributed by atoms with Crippen LogP contribution in [0.25, 0.3) is 39.2 Å². The van der Waals surface area contributed by atoms with Crippen molar-refractivity contribution in [1.29, 1.82) is 0 Å². The molecular weight excluding hydrogens is 560 g/mol. The fourth-order valence-electron chi connectivity index (χ4n) is 6.29. The normalized spacial score (nSPS) is 16.0. The van der Waals surface area contributed by atoms with Gasteiger partial charge in [0.25, 0.3) is 5.91 Å². The average Bonchev–Trinajstić information content (AvgIpc) is 3.35. The Morgan fingerprint density at radius 2 is 1.40 bits per heavy atom. The Balaban J connectivity index is 1.41. The summed E-state index contributed by atoms with van der Waals surface area (Å²) in [5, 5.41) is 0.838. The number of ketones is 1. The monoisotopic (exact) mass is 592 g/mol. The standard InChI is InChI=1S/C38H32N4O3/c1-25(43)42-35-15-9-8-14-31(35)37(44)36(42)24-28-23-32(30-13-7-6-12-29(30)26-10-4-3-5-11-26)33-22-27(16-17-34(33)39-28)38(45)41-20-18-40(2)19-21-41/h3-17,22-24H,18-21H2,1-2H3/b36-24+. The maximum absolute atomic E-state index is 13.6. The molecule has 0 bridgehead atoms. The van der Waals surface area contributed by atoms with Gasteiger partial charge in [0.2, 0.25) is 11.7 Å². The molecule has 2 amide bonds. The number of nitrogens with zero attached hydrogens (tertiary/aromatic N) is 4. The van der Waals surface area contributed by atoms with Crippen LogP contribution in [0.15, 0.2) is 109 Å². The number of carbonyl (C=O) groups is 3. The second kappa shape index (κ2) is 11.6. The van der Waals surface area contributed by atoms with Crippen LogP contribution in [0.1, 0.15) is 33.3 Å². The Kier molecular flexibility index (Phi) is 7.31. The Morgan fingerprint density at radius 1 is 0.733 bits per heavy atom. The number of piperazine rings is 1. The lowest BCUT2D eigenvalue weighted by molar-refractivity contribution is -0.116. The molecule has 1 aromatic heterocycles. The summed E-state index contributed by atoms with van der Waals surface area (Å²) in [4.78, 5) is 50.5. The van der Waals surface area contributed by atoms with Crippen molar-refractivity contribution >= 4 is 40.3 Å². The van der Waals surface area contributed by atoms with Crippen LogP contribution >= 0.6 is 0 Å². The maximum atomic E-state index is 13.6. The zero-order chi connectivity index (χ0) is 31.1. The summed E-state index contributed by atoms with van der Waals surface area (Å²) in [6.07, 6.45) is 1.70. The van der Waals surface area contributed by atoms with E-state index in [2.05, 4.69) is 36.2 Å². The Labute approximate surface area is 262 Å². The van der Waals surface area contributed by atoms with Crippen molar-refractivity contribution in [1.82, 2.24) is 14.8 Å². The lowest BCUT2D eigenvalue weighted by atomic mass is 9.91. The van der Waals surface area contributed by atoms with Gasteiger partial charge in [-0.15, -0.1) is 0 Å². The molecule has 4 aromatic carbocycles. The summed E-state index contributed by atoms with van der Waals surface area (Å²) in [7, 11) is 2.07. The highest BCUT2D eigenvalue weighted by atomic mass is 16.2. The number of likely N-dealkylation sites (N-methyl/N-ethyl adjacent to an activating group) is 1. The third-order valence-electron chi connectivity index (χ3n) is 8.63. The average molecular weight is 593 g/mol. The summed E-state index contributed by atoms with van der Waals surface area (Å²) >= 11 is 0. The highest BCUT2D eigenvalue weighted by molar-refractivity contribution is 6.26. The molecule has 2 aliphatic rings. The Morgan fingerprint density at radius 3 is 2.13 bits per heavy atom. The van der Waals surface area contributed by atoms with Crippen LogP contribution in [0.4, 0.5) is 5.69 Å². The molecular formula is C38H32N4O3. The van der Waals surface area contributed by atoms with Crippen LogP contribution in [0, 0.1) is 0 Å². The molecule has 45 heavy (non-hydrogen) atoms. The van der Waals surface area contributed by atoms with Crippen LogP contribution in [0.3, 0.4) is 0 Å². The van der Waals surface area contributed by atoms with E-state index in [1.165, 1.54) is 11.8 Å². The second-order valence-electron chi connectivity index (χ2n) is 11.6. The van der Waals surface area contributed by atoms with E-state index >= 15 is 0 Å². The van der Waals surface area contributed by atoms with Crippen molar-refractivity contribution in [2.75, 3.05) is 38.1 Å². The molecule has 2 aliphatic heterocycles. The smallest absolute Gasteiger partial charge is 0.253 e. The number of fused-ring (bicyclic) bond motifs is 2. The van der Waals surface area contributed by atoms with Gasteiger partial charge < -0.3 is 9.80 Å². The van der Waals surface area contributed by atoms with Gasteiger partial charge in [-0.3, -0.25) is 19.3 Å². The minimum absolute atomic E-state index is 0.00454. The molecule has 0 atom stereocenters. The van der Waals surface area contributed by atoms with Gasteiger partial charge in [-0.2, -0.15) is 0 Å². The third-order valence-corrected chi connectivity index (χ3v) is 8.63. The van der Waals surface area contributed by atoms with Crippen LogP contribution in [-0.2, 0) is 4.79 Å². The van der Waals surface area contributed by atoms with Gasteiger partial charge in [-0.1, -0.05) is 66.7 Å². The molecule has 1 saturated heterocycles. The number of Topliss-reactive ketones (excluding diaryl/α,β-unsaturated/α-hetero) is 1. The maximum Gasteiger partial charge on any atom is 0.253 e. The Hall–Kier alpha value is -5.40. The lowest BCUT2D eigenvalue weighted by Gasteiger charge is -2.32. The summed E-state index contributed by atoms with van der Waals surface area (Å²) in [5.74, 6) is -0.464. The minimum atomic E-state index is -0.248. The molecule has 0 spiro atoms. The first-order valence-corrected chi connectivity index (χ1v) is 15.1. The van der Waals surface area contributed by atoms with E-state index in [0.29, 0.717) is 41.1 Å². The Bertz CT molecular complexity index is 2010. The van der Waals surface area contributed by atoms with Crippen molar-refractivity contribution in [3.63, 3.8) is 0 Å². The molecule has 222 valence electrons. The van der Waals surface area contributed by atoms with E-state index in [1.54, 1.807) is 24.3 Å². The largest absolute Gasteiger partial charge is 0.336 e. The molecule has 7 nitrogen and oxygen atoms in total. The first-order valence-electron chi connectivity index (χ1n) is 15.1. The van der Waals surface area contributed by atoms with Gasteiger partial charge >= 0.3 is 0 Å². The zero-order valence-corrected chi connectivity index (χ0v) is 25.2. The van der Waals surface area contributed by atoms with Crippen molar-refractivity contribution in [3.8, 4) is 22.3 Å².